The summed E-state index contributed by atoms with van der Waals surface area (Å²) < 4.78 is 2.72. The first-order valence-electron chi connectivity index (χ1n) is 6.43. The van der Waals surface area contributed by atoms with Crippen LogP contribution in [0.5, 0.6) is 0 Å². The highest BCUT2D eigenvalue weighted by molar-refractivity contribution is 9.10. The third-order valence-electron chi connectivity index (χ3n) is 2.82. The van der Waals surface area contributed by atoms with E-state index in [9.17, 15) is 0 Å². The molecule has 2 aromatic rings. The molecule has 0 aliphatic carbocycles. The van der Waals surface area contributed by atoms with Crippen molar-refractivity contribution in [3.63, 3.8) is 0 Å². The van der Waals surface area contributed by atoms with E-state index in [0.29, 0.717) is 0 Å². The molecule has 0 aromatic carbocycles. The highest BCUT2D eigenvalue weighted by atomic mass is 79.9. The Morgan fingerprint density at radius 1 is 1.32 bits per heavy atom. The summed E-state index contributed by atoms with van der Waals surface area (Å²) in [6, 6.07) is 3.93. The normalized spacial score (nSPS) is 10.7. The highest BCUT2D eigenvalue weighted by Crippen LogP contribution is 2.13. The molecular formula is C13H18BrN5. The first kappa shape index (κ1) is 14.0. The molecule has 6 heteroatoms. The van der Waals surface area contributed by atoms with Crippen LogP contribution < -0.4 is 5.32 Å². The molecule has 0 atom stereocenters. The van der Waals surface area contributed by atoms with Crippen LogP contribution in [0.3, 0.4) is 0 Å². The lowest BCUT2D eigenvalue weighted by Gasteiger charge is -2.08. The monoisotopic (exact) mass is 323 g/mol. The summed E-state index contributed by atoms with van der Waals surface area (Å²) in [4.78, 5) is 8.84. The number of nitrogens with one attached hydrogen (secondary N) is 1. The Hall–Kier alpha value is -1.43. The van der Waals surface area contributed by atoms with Crippen LogP contribution in [0.2, 0.25) is 0 Å². The van der Waals surface area contributed by atoms with Crippen molar-refractivity contribution in [1.82, 2.24) is 19.7 Å². The lowest BCUT2D eigenvalue weighted by atomic mass is 10.3. The number of halogens is 1. The Balaban J connectivity index is 1.94. The topological polar surface area (TPSA) is 55.6 Å². The fraction of sp³-hybridized carbons (Fsp3) is 0.462. The van der Waals surface area contributed by atoms with Crippen molar-refractivity contribution in [2.45, 2.75) is 26.2 Å². The van der Waals surface area contributed by atoms with Gasteiger partial charge in [-0.25, -0.2) is 9.97 Å². The number of aromatic nitrogens is 4. The van der Waals surface area contributed by atoms with E-state index in [0.717, 1.165) is 42.1 Å². The van der Waals surface area contributed by atoms with E-state index in [-0.39, 0.29) is 0 Å². The van der Waals surface area contributed by atoms with Crippen LogP contribution in [0.15, 0.2) is 22.9 Å². The van der Waals surface area contributed by atoms with E-state index < -0.39 is 0 Å². The second-order valence-corrected chi connectivity index (χ2v) is 5.18. The van der Waals surface area contributed by atoms with Gasteiger partial charge in [0.25, 0.3) is 0 Å². The summed E-state index contributed by atoms with van der Waals surface area (Å²) in [7, 11) is 1.95. The molecule has 1 N–H and O–H groups in total. The first-order chi connectivity index (χ1) is 9.19. The zero-order valence-corrected chi connectivity index (χ0v) is 12.8. The standard InChI is InChI=1S/C13H18BrN5/c1-3-4-12-17-11(14)9-13(18-12)15-7-5-10-6-8-16-19(10)2/h6,8-9H,3-5,7H2,1-2H3,(H,15,17,18). The van der Waals surface area contributed by atoms with Crippen LogP contribution in [0.4, 0.5) is 5.82 Å². The predicted octanol–water partition coefficient (Wildman–Crippen LogP) is 2.58. The molecule has 0 radical (unpaired) electrons. The summed E-state index contributed by atoms with van der Waals surface area (Å²) in [5.41, 5.74) is 1.20. The van der Waals surface area contributed by atoms with E-state index in [1.54, 1.807) is 0 Å². The fourth-order valence-corrected chi connectivity index (χ4v) is 2.28. The summed E-state index contributed by atoms with van der Waals surface area (Å²) in [5.74, 6) is 1.74. The minimum Gasteiger partial charge on any atom is -0.370 e. The molecule has 19 heavy (non-hydrogen) atoms. The van der Waals surface area contributed by atoms with Gasteiger partial charge >= 0.3 is 0 Å². The molecule has 0 bridgehead atoms. The van der Waals surface area contributed by atoms with E-state index in [4.69, 9.17) is 0 Å². The highest BCUT2D eigenvalue weighted by Gasteiger charge is 2.03. The van der Waals surface area contributed by atoms with Gasteiger partial charge in [0.05, 0.1) is 0 Å². The van der Waals surface area contributed by atoms with Gasteiger partial charge in [-0.3, -0.25) is 4.68 Å². The van der Waals surface area contributed by atoms with Gasteiger partial charge in [0.15, 0.2) is 0 Å². The van der Waals surface area contributed by atoms with Gasteiger partial charge in [-0.05, 0) is 28.4 Å². The summed E-state index contributed by atoms with van der Waals surface area (Å²) >= 11 is 3.42. The SMILES string of the molecule is CCCc1nc(Br)cc(NCCc2ccnn2C)n1. The number of nitrogens with zero attached hydrogens (tertiary/aromatic N) is 4. The van der Waals surface area contributed by atoms with Crippen LogP contribution >= 0.6 is 15.9 Å². The van der Waals surface area contributed by atoms with Crippen molar-refractivity contribution >= 4 is 21.7 Å². The first-order valence-corrected chi connectivity index (χ1v) is 7.22. The quantitative estimate of drug-likeness (QED) is 0.830. The number of aryl methyl sites for hydroxylation is 2. The summed E-state index contributed by atoms with van der Waals surface area (Å²) in [6.07, 6.45) is 4.68. The van der Waals surface area contributed by atoms with Crippen LogP contribution in [0.1, 0.15) is 24.9 Å². The predicted molar refractivity (Wildman–Crippen MR) is 79.1 cm³/mol. The largest absolute Gasteiger partial charge is 0.370 e. The van der Waals surface area contributed by atoms with E-state index >= 15 is 0 Å². The molecule has 0 saturated heterocycles. The molecule has 2 rings (SSSR count). The molecule has 0 aliphatic rings. The third kappa shape index (κ3) is 4.02. The average Bonchev–Trinajstić information content (AvgIpc) is 2.75. The van der Waals surface area contributed by atoms with Crippen molar-refractivity contribution in [2.75, 3.05) is 11.9 Å². The lowest BCUT2D eigenvalue weighted by molar-refractivity contribution is 0.710. The third-order valence-corrected chi connectivity index (χ3v) is 3.23. The zero-order valence-electron chi connectivity index (χ0n) is 11.2. The average molecular weight is 324 g/mol. The zero-order chi connectivity index (χ0) is 13.7. The van der Waals surface area contributed by atoms with Crippen molar-refractivity contribution in [3.8, 4) is 0 Å². The molecule has 5 nitrogen and oxygen atoms in total. The van der Waals surface area contributed by atoms with Crippen LogP contribution in [-0.2, 0) is 19.9 Å². The minimum atomic E-state index is 0.828. The molecule has 2 heterocycles. The second-order valence-electron chi connectivity index (χ2n) is 4.37. The Labute approximate surface area is 121 Å². The summed E-state index contributed by atoms with van der Waals surface area (Å²) in [6.45, 7) is 2.95. The van der Waals surface area contributed by atoms with Crippen molar-refractivity contribution in [3.05, 3.63) is 34.5 Å². The van der Waals surface area contributed by atoms with Gasteiger partial charge in [0, 0.05) is 44.4 Å². The van der Waals surface area contributed by atoms with Gasteiger partial charge < -0.3 is 5.32 Å². The van der Waals surface area contributed by atoms with Crippen molar-refractivity contribution in [2.24, 2.45) is 7.05 Å². The smallest absolute Gasteiger partial charge is 0.132 e. The minimum absolute atomic E-state index is 0.828. The fourth-order valence-electron chi connectivity index (χ4n) is 1.86. The molecule has 2 aromatic heterocycles. The maximum atomic E-state index is 4.49. The van der Waals surface area contributed by atoms with Crippen LogP contribution in [0.25, 0.3) is 0 Å². The molecule has 0 fully saturated rings. The molecule has 0 spiro atoms. The molecule has 0 aliphatic heterocycles. The number of anilines is 1. The van der Waals surface area contributed by atoms with Gasteiger partial charge in [-0.15, -0.1) is 0 Å². The maximum Gasteiger partial charge on any atom is 0.132 e. The Bertz CT molecular complexity index is 538. The van der Waals surface area contributed by atoms with E-state index in [1.165, 1.54) is 5.69 Å². The van der Waals surface area contributed by atoms with Crippen molar-refractivity contribution in [1.29, 1.82) is 0 Å². The Kier molecular flexibility index (Phi) is 4.90. The molecule has 0 amide bonds. The number of rotatable bonds is 6. The van der Waals surface area contributed by atoms with Gasteiger partial charge in [-0.1, -0.05) is 6.92 Å². The summed E-state index contributed by atoms with van der Waals surface area (Å²) in [5, 5.41) is 7.48. The molecule has 0 unspecified atom stereocenters. The number of hydrogen-bond acceptors (Lipinski definition) is 4. The van der Waals surface area contributed by atoms with E-state index in [2.05, 4.69) is 43.2 Å². The van der Waals surface area contributed by atoms with Crippen molar-refractivity contribution < 1.29 is 0 Å². The Morgan fingerprint density at radius 2 is 2.16 bits per heavy atom. The molecular weight excluding hydrogens is 306 g/mol. The van der Waals surface area contributed by atoms with Crippen LogP contribution in [0, 0.1) is 0 Å². The second kappa shape index (κ2) is 6.65. The lowest BCUT2D eigenvalue weighted by Crippen LogP contribution is -2.10. The van der Waals surface area contributed by atoms with E-state index in [1.807, 2.05) is 30.1 Å². The number of hydrogen-bond donors (Lipinski definition) is 1. The van der Waals surface area contributed by atoms with Gasteiger partial charge in [0.1, 0.15) is 16.2 Å². The molecule has 0 saturated carbocycles. The van der Waals surface area contributed by atoms with Gasteiger partial charge in [0.2, 0.25) is 0 Å². The maximum absolute atomic E-state index is 4.49. The molecule has 102 valence electrons. The van der Waals surface area contributed by atoms with Crippen LogP contribution in [-0.4, -0.2) is 26.3 Å². The van der Waals surface area contributed by atoms with Gasteiger partial charge in [-0.2, -0.15) is 5.10 Å². The Morgan fingerprint density at radius 3 is 2.84 bits per heavy atom.